The van der Waals surface area contributed by atoms with Crippen LogP contribution in [-0.4, -0.2) is 20.5 Å². The number of benzene rings is 1. The predicted octanol–water partition coefficient (Wildman–Crippen LogP) is 2.39. The van der Waals surface area contributed by atoms with Crippen LogP contribution in [-0.2, 0) is 0 Å². The van der Waals surface area contributed by atoms with Gasteiger partial charge < -0.3 is 9.47 Å². The number of hydrogen-bond acceptors (Lipinski definition) is 3. The molecule has 3 nitrogen and oxygen atoms in total. The van der Waals surface area contributed by atoms with Gasteiger partial charge in [0.25, 0.3) is 0 Å². The number of rotatable bonds is 4. The van der Waals surface area contributed by atoms with E-state index in [4.69, 9.17) is 9.47 Å². The molecule has 0 aromatic heterocycles. The molecule has 3 heteroatoms. The van der Waals surface area contributed by atoms with E-state index in [9.17, 15) is 4.79 Å². The van der Waals surface area contributed by atoms with E-state index in [1.165, 1.54) is 0 Å². The van der Waals surface area contributed by atoms with E-state index < -0.39 is 0 Å². The van der Waals surface area contributed by atoms with Crippen LogP contribution in [0.4, 0.5) is 0 Å². The first-order valence-electron chi connectivity index (χ1n) is 5.01. The Labute approximate surface area is 89.0 Å². The quantitative estimate of drug-likeness (QED) is 0.709. The van der Waals surface area contributed by atoms with Gasteiger partial charge in [-0.05, 0) is 30.9 Å². The minimum Gasteiger partial charge on any atom is -0.496 e. The van der Waals surface area contributed by atoms with Gasteiger partial charge in [0.2, 0.25) is 0 Å². The number of carbonyl (C=O) groups excluding carboxylic acids is 1. The van der Waals surface area contributed by atoms with Crippen LogP contribution in [0.2, 0.25) is 0 Å². The third-order valence-corrected chi connectivity index (χ3v) is 2.72. The van der Waals surface area contributed by atoms with Crippen molar-refractivity contribution in [2.75, 3.05) is 14.2 Å². The maximum atomic E-state index is 10.9. The molecule has 1 fully saturated rings. The molecular weight excluding hydrogens is 192 g/mol. The van der Waals surface area contributed by atoms with Crippen molar-refractivity contribution in [2.24, 2.45) is 0 Å². The summed E-state index contributed by atoms with van der Waals surface area (Å²) >= 11 is 0. The van der Waals surface area contributed by atoms with Crippen molar-refractivity contribution in [1.29, 1.82) is 0 Å². The van der Waals surface area contributed by atoms with Gasteiger partial charge in [0.1, 0.15) is 11.5 Å². The van der Waals surface area contributed by atoms with Crippen molar-refractivity contribution < 1.29 is 14.3 Å². The Morgan fingerprint density at radius 1 is 1.27 bits per heavy atom. The molecule has 0 bridgehead atoms. The molecule has 1 aromatic carbocycles. The van der Waals surface area contributed by atoms with Gasteiger partial charge in [-0.3, -0.25) is 4.79 Å². The molecule has 0 N–H and O–H groups in total. The van der Waals surface area contributed by atoms with Gasteiger partial charge in [-0.15, -0.1) is 0 Å². The lowest BCUT2D eigenvalue weighted by atomic mass is 10.0. The summed E-state index contributed by atoms with van der Waals surface area (Å²) in [7, 11) is 3.23. The molecule has 0 amide bonds. The third kappa shape index (κ3) is 1.69. The summed E-state index contributed by atoms with van der Waals surface area (Å²) in [5, 5.41) is 0. The smallest absolute Gasteiger partial charge is 0.153 e. The van der Waals surface area contributed by atoms with E-state index in [0.29, 0.717) is 17.2 Å². The van der Waals surface area contributed by atoms with Crippen molar-refractivity contribution >= 4 is 6.29 Å². The molecule has 15 heavy (non-hydrogen) atoms. The first kappa shape index (κ1) is 10.0. The number of ether oxygens (including phenoxy) is 2. The average molecular weight is 206 g/mol. The topological polar surface area (TPSA) is 35.5 Å². The van der Waals surface area contributed by atoms with E-state index in [1.807, 2.05) is 6.07 Å². The van der Waals surface area contributed by atoms with E-state index in [1.54, 1.807) is 20.3 Å². The second kappa shape index (κ2) is 3.93. The van der Waals surface area contributed by atoms with Crippen LogP contribution in [0.25, 0.3) is 0 Å². The van der Waals surface area contributed by atoms with Gasteiger partial charge in [-0.25, -0.2) is 0 Å². The second-order valence-corrected chi connectivity index (χ2v) is 3.70. The lowest BCUT2D eigenvalue weighted by Crippen LogP contribution is -1.99. The summed E-state index contributed by atoms with van der Waals surface area (Å²) in [5.74, 6) is 1.99. The highest BCUT2D eigenvalue weighted by molar-refractivity contribution is 5.81. The van der Waals surface area contributed by atoms with Crippen molar-refractivity contribution in [3.63, 3.8) is 0 Å². The molecule has 0 saturated heterocycles. The summed E-state index contributed by atoms with van der Waals surface area (Å²) in [6.45, 7) is 0. The maximum Gasteiger partial charge on any atom is 0.153 e. The van der Waals surface area contributed by atoms with Crippen LogP contribution in [0.5, 0.6) is 11.5 Å². The average Bonchev–Trinajstić information content (AvgIpc) is 3.10. The van der Waals surface area contributed by atoms with Gasteiger partial charge in [-0.1, -0.05) is 0 Å². The van der Waals surface area contributed by atoms with Crippen LogP contribution < -0.4 is 9.47 Å². The van der Waals surface area contributed by atoms with Crippen LogP contribution in [0.15, 0.2) is 12.1 Å². The Morgan fingerprint density at radius 3 is 2.47 bits per heavy atom. The van der Waals surface area contributed by atoms with Crippen LogP contribution in [0.1, 0.15) is 34.7 Å². The standard InChI is InChI=1S/C12H14O3/c1-14-10-6-5-9(7-13)12(15-2)11(10)8-3-4-8/h5-8H,3-4H2,1-2H3. The van der Waals surface area contributed by atoms with Crippen molar-refractivity contribution in [3.8, 4) is 11.5 Å². The maximum absolute atomic E-state index is 10.9. The number of hydrogen-bond donors (Lipinski definition) is 0. The molecule has 0 heterocycles. The molecule has 2 rings (SSSR count). The molecule has 0 unspecified atom stereocenters. The van der Waals surface area contributed by atoms with Gasteiger partial charge in [0.05, 0.1) is 19.8 Å². The van der Waals surface area contributed by atoms with E-state index in [2.05, 4.69) is 0 Å². The number of methoxy groups -OCH3 is 2. The molecule has 0 aliphatic heterocycles. The van der Waals surface area contributed by atoms with Gasteiger partial charge in [-0.2, -0.15) is 0 Å². The first-order valence-corrected chi connectivity index (χ1v) is 5.01. The van der Waals surface area contributed by atoms with Crippen molar-refractivity contribution in [1.82, 2.24) is 0 Å². The molecule has 0 radical (unpaired) electrons. The lowest BCUT2D eigenvalue weighted by molar-refractivity contribution is 0.112. The fraction of sp³-hybridized carbons (Fsp3) is 0.417. The van der Waals surface area contributed by atoms with E-state index in [0.717, 1.165) is 30.4 Å². The summed E-state index contributed by atoms with van der Waals surface area (Å²) in [6.07, 6.45) is 3.12. The SMILES string of the molecule is COc1ccc(C=O)c(OC)c1C1CC1. The summed E-state index contributed by atoms with van der Waals surface area (Å²) in [4.78, 5) is 10.9. The Hall–Kier alpha value is -1.51. The van der Waals surface area contributed by atoms with Crippen molar-refractivity contribution in [3.05, 3.63) is 23.3 Å². The Balaban J connectivity index is 2.56. The fourth-order valence-electron chi connectivity index (χ4n) is 1.86. The highest BCUT2D eigenvalue weighted by Crippen LogP contribution is 2.49. The second-order valence-electron chi connectivity index (χ2n) is 3.70. The van der Waals surface area contributed by atoms with Gasteiger partial charge in [0, 0.05) is 5.56 Å². The summed E-state index contributed by atoms with van der Waals surface area (Å²) < 4.78 is 10.6. The zero-order valence-corrected chi connectivity index (χ0v) is 8.95. The minimum absolute atomic E-state index is 0.495. The molecule has 1 saturated carbocycles. The highest BCUT2D eigenvalue weighted by atomic mass is 16.5. The zero-order valence-electron chi connectivity index (χ0n) is 8.95. The predicted molar refractivity (Wildman–Crippen MR) is 56.9 cm³/mol. The minimum atomic E-state index is 0.495. The first-order chi connectivity index (χ1) is 7.31. The molecule has 1 aliphatic rings. The summed E-state index contributed by atoms with van der Waals surface area (Å²) in [5.41, 5.74) is 1.64. The molecule has 1 aromatic rings. The van der Waals surface area contributed by atoms with E-state index >= 15 is 0 Å². The molecule has 80 valence electrons. The molecule has 1 aliphatic carbocycles. The number of carbonyl (C=O) groups is 1. The van der Waals surface area contributed by atoms with Gasteiger partial charge in [0.15, 0.2) is 6.29 Å². The Morgan fingerprint density at radius 2 is 2.00 bits per heavy atom. The van der Waals surface area contributed by atoms with Crippen LogP contribution >= 0.6 is 0 Å². The van der Waals surface area contributed by atoms with Gasteiger partial charge >= 0.3 is 0 Å². The lowest BCUT2D eigenvalue weighted by Gasteiger charge is -2.13. The Kier molecular flexibility index (Phi) is 2.62. The number of aldehydes is 1. The highest BCUT2D eigenvalue weighted by Gasteiger charge is 2.31. The van der Waals surface area contributed by atoms with Crippen LogP contribution in [0, 0.1) is 0 Å². The zero-order chi connectivity index (χ0) is 10.8. The molecule has 0 atom stereocenters. The molecular formula is C12H14O3. The van der Waals surface area contributed by atoms with Crippen LogP contribution in [0.3, 0.4) is 0 Å². The fourth-order valence-corrected chi connectivity index (χ4v) is 1.86. The molecule has 0 spiro atoms. The Bertz CT molecular complexity index is 381. The summed E-state index contributed by atoms with van der Waals surface area (Å²) in [6, 6.07) is 3.57. The van der Waals surface area contributed by atoms with Crippen molar-refractivity contribution in [2.45, 2.75) is 18.8 Å². The monoisotopic (exact) mass is 206 g/mol. The van der Waals surface area contributed by atoms with E-state index in [-0.39, 0.29) is 0 Å². The third-order valence-electron chi connectivity index (χ3n) is 2.72. The normalized spacial score (nSPS) is 14.8. The largest absolute Gasteiger partial charge is 0.496 e.